The van der Waals surface area contributed by atoms with Crippen LogP contribution in [-0.2, 0) is 9.59 Å². The van der Waals surface area contributed by atoms with Crippen molar-refractivity contribution in [1.29, 1.82) is 0 Å². The molecule has 7 heteroatoms. The molecule has 0 spiro atoms. The minimum Gasteiger partial charge on any atom is -0.495 e. The number of hydrogen-bond donors (Lipinski definition) is 2. The van der Waals surface area contributed by atoms with Crippen LogP contribution in [0.3, 0.4) is 0 Å². The largest absolute Gasteiger partial charge is 0.495 e. The van der Waals surface area contributed by atoms with E-state index in [1.165, 1.54) is 0 Å². The molecule has 0 bridgehead atoms. The first-order valence-electron chi connectivity index (χ1n) is 9.63. The van der Waals surface area contributed by atoms with Crippen molar-refractivity contribution in [1.82, 2.24) is 10.2 Å². The Hall–Kier alpha value is -2.57. The predicted octanol–water partition coefficient (Wildman–Crippen LogP) is 3.88. The van der Waals surface area contributed by atoms with Crippen molar-refractivity contribution < 1.29 is 14.3 Å². The molecule has 2 aromatic carbocycles. The first kappa shape index (κ1) is 22.7. The van der Waals surface area contributed by atoms with Gasteiger partial charge in [-0.1, -0.05) is 42.8 Å². The van der Waals surface area contributed by atoms with Gasteiger partial charge in [0.2, 0.25) is 11.8 Å². The molecule has 0 aliphatic carbocycles. The summed E-state index contributed by atoms with van der Waals surface area (Å²) in [7, 11) is 1.56. The molecule has 0 fully saturated rings. The third-order valence-corrected chi connectivity index (χ3v) is 4.65. The smallest absolute Gasteiger partial charge is 0.238 e. The fraction of sp³-hybridized carbons (Fsp3) is 0.364. The molecule has 0 heterocycles. The lowest BCUT2D eigenvalue weighted by Crippen LogP contribution is -2.42. The highest BCUT2D eigenvalue weighted by molar-refractivity contribution is 6.30. The molecule has 2 aromatic rings. The summed E-state index contributed by atoms with van der Waals surface area (Å²) in [6, 6.07) is 14.4. The van der Waals surface area contributed by atoms with Crippen molar-refractivity contribution in [3.8, 4) is 5.75 Å². The molecule has 0 aliphatic heterocycles. The Bertz CT molecular complexity index is 811. The summed E-state index contributed by atoms with van der Waals surface area (Å²) < 4.78 is 5.26. The Kier molecular flexibility index (Phi) is 8.96. The van der Waals surface area contributed by atoms with Gasteiger partial charge in [0, 0.05) is 5.02 Å². The average Bonchev–Trinajstić information content (AvgIpc) is 2.68. The van der Waals surface area contributed by atoms with Crippen LogP contribution in [0.15, 0.2) is 48.5 Å². The molecule has 2 rings (SSSR count). The molecule has 6 nitrogen and oxygen atoms in total. The highest BCUT2D eigenvalue weighted by Gasteiger charge is 2.17. The lowest BCUT2D eigenvalue weighted by atomic mass is 10.1. The van der Waals surface area contributed by atoms with Gasteiger partial charge in [-0.25, -0.2) is 0 Å². The van der Waals surface area contributed by atoms with Crippen molar-refractivity contribution in [2.24, 2.45) is 0 Å². The lowest BCUT2D eigenvalue weighted by Gasteiger charge is -2.22. The number of methoxy groups -OCH3 is 1. The number of ether oxygens (including phenoxy) is 1. The fourth-order valence-electron chi connectivity index (χ4n) is 3.00. The molecule has 0 aliphatic rings. The predicted molar refractivity (Wildman–Crippen MR) is 116 cm³/mol. The molecule has 0 unspecified atom stereocenters. The molecule has 0 saturated carbocycles. The van der Waals surface area contributed by atoms with Crippen LogP contribution in [0.1, 0.15) is 31.9 Å². The number of benzene rings is 2. The van der Waals surface area contributed by atoms with Crippen LogP contribution in [0.5, 0.6) is 5.75 Å². The summed E-state index contributed by atoms with van der Waals surface area (Å²) in [5, 5.41) is 6.47. The van der Waals surface area contributed by atoms with Crippen LogP contribution >= 0.6 is 11.6 Å². The van der Waals surface area contributed by atoms with E-state index in [4.69, 9.17) is 16.3 Å². The third-order valence-electron chi connectivity index (χ3n) is 4.40. The normalized spacial score (nSPS) is 11.8. The van der Waals surface area contributed by atoms with E-state index in [9.17, 15) is 9.59 Å². The second-order valence-corrected chi connectivity index (χ2v) is 7.24. The van der Waals surface area contributed by atoms with Crippen LogP contribution in [0.2, 0.25) is 5.02 Å². The summed E-state index contributed by atoms with van der Waals surface area (Å²) in [4.78, 5) is 26.8. The highest BCUT2D eigenvalue weighted by atomic mass is 35.5. The van der Waals surface area contributed by atoms with Gasteiger partial charge in [0.05, 0.1) is 31.9 Å². The average molecular weight is 418 g/mol. The number of carbonyl (C=O) groups excluding carboxylic acids is 2. The van der Waals surface area contributed by atoms with Crippen LogP contribution in [0.25, 0.3) is 0 Å². The second kappa shape index (κ2) is 11.4. The van der Waals surface area contributed by atoms with E-state index in [0.717, 1.165) is 12.0 Å². The zero-order valence-electron chi connectivity index (χ0n) is 17.1. The molecule has 0 saturated heterocycles. The number of rotatable bonds is 10. The summed E-state index contributed by atoms with van der Waals surface area (Å²) in [6.07, 6.45) is 0.835. The zero-order chi connectivity index (χ0) is 21.2. The minimum absolute atomic E-state index is 0.120. The SMILES string of the molecule is CCCN(CC(=O)Nc1ccccc1OC)CC(=O)N[C@@H](C)c1ccc(Cl)cc1. The fourth-order valence-corrected chi connectivity index (χ4v) is 3.12. The van der Waals surface area contributed by atoms with Gasteiger partial charge in [-0.15, -0.1) is 0 Å². The van der Waals surface area contributed by atoms with E-state index in [2.05, 4.69) is 10.6 Å². The van der Waals surface area contributed by atoms with E-state index in [0.29, 0.717) is 23.0 Å². The Morgan fingerprint density at radius 2 is 1.72 bits per heavy atom. The number of anilines is 1. The first-order valence-corrected chi connectivity index (χ1v) is 10.0. The van der Waals surface area contributed by atoms with E-state index in [1.807, 2.05) is 43.0 Å². The molecular formula is C22H28ClN3O3. The maximum absolute atomic E-state index is 12.5. The summed E-state index contributed by atoms with van der Waals surface area (Å²) >= 11 is 5.91. The Balaban J connectivity index is 1.91. The van der Waals surface area contributed by atoms with Crippen molar-refractivity contribution in [3.63, 3.8) is 0 Å². The molecule has 29 heavy (non-hydrogen) atoms. The summed E-state index contributed by atoms with van der Waals surface area (Å²) in [5.41, 5.74) is 1.58. The second-order valence-electron chi connectivity index (χ2n) is 6.80. The highest BCUT2D eigenvalue weighted by Crippen LogP contribution is 2.22. The van der Waals surface area contributed by atoms with Crippen LogP contribution < -0.4 is 15.4 Å². The molecule has 1 atom stereocenters. The van der Waals surface area contributed by atoms with Crippen molar-refractivity contribution in [2.45, 2.75) is 26.3 Å². The van der Waals surface area contributed by atoms with Gasteiger partial charge >= 0.3 is 0 Å². The Labute approximate surface area is 177 Å². The molecule has 2 N–H and O–H groups in total. The van der Waals surface area contributed by atoms with E-state index < -0.39 is 0 Å². The van der Waals surface area contributed by atoms with Crippen LogP contribution in [0.4, 0.5) is 5.69 Å². The van der Waals surface area contributed by atoms with Crippen molar-refractivity contribution in [2.75, 3.05) is 32.1 Å². The topological polar surface area (TPSA) is 70.7 Å². The molecule has 0 radical (unpaired) electrons. The lowest BCUT2D eigenvalue weighted by molar-refractivity contribution is -0.124. The molecule has 2 amide bonds. The van der Waals surface area contributed by atoms with E-state index in [1.54, 1.807) is 31.4 Å². The zero-order valence-corrected chi connectivity index (χ0v) is 17.8. The number of hydrogen-bond acceptors (Lipinski definition) is 4. The van der Waals surface area contributed by atoms with Crippen LogP contribution in [0, 0.1) is 0 Å². The number of carbonyl (C=O) groups is 2. The van der Waals surface area contributed by atoms with Gasteiger partial charge in [-0.2, -0.15) is 0 Å². The van der Waals surface area contributed by atoms with E-state index in [-0.39, 0.29) is 30.9 Å². The monoisotopic (exact) mass is 417 g/mol. The number of nitrogens with one attached hydrogen (secondary N) is 2. The Morgan fingerprint density at radius 1 is 1.07 bits per heavy atom. The number of nitrogens with zero attached hydrogens (tertiary/aromatic N) is 1. The van der Waals surface area contributed by atoms with Crippen LogP contribution in [-0.4, -0.2) is 43.5 Å². The quantitative estimate of drug-likeness (QED) is 0.615. The number of halogens is 1. The van der Waals surface area contributed by atoms with Gasteiger partial charge in [0.15, 0.2) is 0 Å². The minimum atomic E-state index is -0.193. The third kappa shape index (κ3) is 7.40. The maximum atomic E-state index is 12.5. The summed E-state index contributed by atoms with van der Waals surface area (Å²) in [6.45, 7) is 4.83. The van der Waals surface area contributed by atoms with Gasteiger partial charge < -0.3 is 15.4 Å². The van der Waals surface area contributed by atoms with Crippen molar-refractivity contribution >= 4 is 29.1 Å². The van der Waals surface area contributed by atoms with Crippen molar-refractivity contribution in [3.05, 3.63) is 59.1 Å². The number of para-hydroxylation sites is 2. The molecule has 156 valence electrons. The maximum Gasteiger partial charge on any atom is 0.238 e. The first-order chi connectivity index (χ1) is 13.9. The standard InChI is InChI=1S/C22H28ClN3O3/c1-4-13-26(15-22(28)25-19-7-5-6-8-20(19)29-3)14-21(27)24-16(2)17-9-11-18(23)12-10-17/h5-12,16H,4,13-15H2,1-3H3,(H,24,27)(H,25,28)/t16-/m0/s1. The molecule has 0 aromatic heterocycles. The van der Waals surface area contributed by atoms with Gasteiger partial charge in [-0.3, -0.25) is 14.5 Å². The van der Waals surface area contributed by atoms with E-state index >= 15 is 0 Å². The molecular weight excluding hydrogens is 390 g/mol. The Morgan fingerprint density at radius 3 is 2.38 bits per heavy atom. The summed E-state index contributed by atoms with van der Waals surface area (Å²) in [5.74, 6) is 0.268. The van der Waals surface area contributed by atoms with Gasteiger partial charge in [0.25, 0.3) is 0 Å². The van der Waals surface area contributed by atoms with Gasteiger partial charge in [-0.05, 0) is 49.7 Å². The number of amides is 2. The van der Waals surface area contributed by atoms with Gasteiger partial charge in [0.1, 0.15) is 5.75 Å².